The molecule has 0 bridgehead atoms. The Morgan fingerprint density at radius 1 is 1.03 bits per heavy atom. The van der Waals surface area contributed by atoms with Gasteiger partial charge in [-0.15, -0.1) is 0 Å². The van der Waals surface area contributed by atoms with Crippen molar-refractivity contribution in [2.75, 3.05) is 33.1 Å². The van der Waals surface area contributed by atoms with Gasteiger partial charge in [-0.25, -0.2) is 18.7 Å². The quantitative estimate of drug-likeness (QED) is 0.434. The lowest BCUT2D eigenvalue weighted by atomic mass is 10.0. The summed E-state index contributed by atoms with van der Waals surface area (Å²) in [6, 6.07) is 10.8. The highest BCUT2D eigenvalue weighted by atomic mass is 19.2. The molecule has 2 heterocycles. The summed E-state index contributed by atoms with van der Waals surface area (Å²) in [4.78, 5) is 27.0. The summed E-state index contributed by atoms with van der Waals surface area (Å²) in [5, 5.41) is 3.70. The van der Waals surface area contributed by atoms with Gasteiger partial charge in [-0.2, -0.15) is 0 Å². The van der Waals surface area contributed by atoms with Crippen LogP contribution < -0.4 is 10.1 Å². The van der Waals surface area contributed by atoms with Crippen LogP contribution in [0.25, 0.3) is 33.4 Å². The smallest absolute Gasteiger partial charge is 0.225 e. The Labute approximate surface area is 195 Å². The van der Waals surface area contributed by atoms with Crippen LogP contribution in [0.2, 0.25) is 0 Å². The molecule has 0 aliphatic carbocycles. The van der Waals surface area contributed by atoms with Gasteiger partial charge in [-0.05, 0) is 47.5 Å². The second kappa shape index (κ2) is 9.78. The number of fused-ring (bicyclic) bond motifs is 1. The number of rotatable bonds is 7. The highest BCUT2D eigenvalue weighted by Gasteiger charge is 2.17. The van der Waals surface area contributed by atoms with Crippen LogP contribution in [0.5, 0.6) is 5.75 Å². The summed E-state index contributed by atoms with van der Waals surface area (Å²) in [7, 11) is 5.08. The molecule has 0 saturated heterocycles. The van der Waals surface area contributed by atoms with Crippen molar-refractivity contribution in [3.05, 3.63) is 66.5 Å². The molecule has 0 saturated carbocycles. The highest BCUT2D eigenvalue weighted by Crippen LogP contribution is 2.36. The van der Waals surface area contributed by atoms with Crippen LogP contribution in [0.3, 0.4) is 0 Å². The molecule has 34 heavy (non-hydrogen) atoms. The van der Waals surface area contributed by atoms with Gasteiger partial charge in [0.1, 0.15) is 17.1 Å². The van der Waals surface area contributed by atoms with Crippen molar-refractivity contribution in [1.82, 2.24) is 19.9 Å². The van der Waals surface area contributed by atoms with Gasteiger partial charge in [0.25, 0.3) is 0 Å². The largest absolute Gasteiger partial charge is 0.491 e. The van der Waals surface area contributed by atoms with Crippen LogP contribution >= 0.6 is 0 Å². The van der Waals surface area contributed by atoms with E-state index in [1.54, 1.807) is 51.7 Å². The van der Waals surface area contributed by atoms with E-state index in [0.29, 0.717) is 39.4 Å². The molecule has 4 rings (SSSR count). The summed E-state index contributed by atoms with van der Waals surface area (Å²) >= 11 is 0. The predicted octanol–water partition coefficient (Wildman–Crippen LogP) is 4.54. The van der Waals surface area contributed by atoms with E-state index in [4.69, 9.17) is 9.72 Å². The first kappa shape index (κ1) is 23.0. The Bertz CT molecular complexity index is 1350. The minimum atomic E-state index is -0.950. The van der Waals surface area contributed by atoms with Gasteiger partial charge < -0.3 is 15.0 Å². The van der Waals surface area contributed by atoms with Gasteiger partial charge in [0.2, 0.25) is 5.91 Å². The third kappa shape index (κ3) is 4.78. The molecule has 0 aliphatic rings. The minimum Gasteiger partial charge on any atom is -0.491 e. The molecule has 0 aliphatic heterocycles. The second-order valence-electron chi connectivity index (χ2n) is 7.77. The lowest BCUT2D eigenvalue weighted by Crippen LogP contribution is -2.23. The molecule has 0 unspecified atom stereocenters. The number of hydrogen-bond acceptors (Lipinski definition) is 6. The van der Waals surface area contributed by atoms with Crippen LogP contribution in [-0.4, -0.2) is 53.5 Å². The van der Waals surface area contributed by atoms with Crippen LogP contribution in [0.4, 0.5) is 14.6 Å². The summed E-state index contributed by atoms with van der Waals surface area (Å²) in [5.41, 5.74) is 2.30. The molecule has 9 heteroatoms. The van der Waals surface area contributed by atoms with Gasteiger partial charge in [0.15, 0.2) is 17.5 Å². The van der Waals surface area contributed by atoms with Crippen molar-refractivity contribution >= 4 is 22.6 Å². The zero-order chi connectivity index (χ0) is 24.2. The molecule has 2 aromatic heterocycles. The van der Waals surface area contributed by atoms with E-state index >= 15 is 0 Å². The second-order valence-corrected chi connectivity index (χ2v) is 7.77. The average molecular weight is 463 g/mol. The molecule has 2 aromatic carbocycles. The number of benzene rings is 2. The van der Waals surface area contributed by atoms with Crippen LogP contribution in [-0.2, 0) is 4.79 Å². The number of aromatic nitrogens is 3. The Balaban J connectivity index is 1.87. The molecule has 1 N–H and O–H groups in total. The Morgan fingerprint density at radius 3 is 2.53 bits per heavy atom. The maximum atomic E-state index is 13.9. The van der Waals surface area contributed by atoms with Crippen LogP contribution in [0.1, 0.15) is 6.42 Å². The molecule has 7 nitrogen and oxygen atoms in total. The van der Waals surface area contributed by atoms with Crippen molar-refractivity contribution in [1.29, 1.82) is 0 Å². The lowest BCUT2D eigenvalue weighted by Gasteiger charge is -2.16. The van der Waals surface area contributed by atoms with Crippen molar-refractivity contribution < 1.29 is 18.3 Å². The first-order valence-corrected chi connectivity index (χ1v) is 10.6. The normalized spacial score (nSPS) is 10.9. The predicted molar refractivity (Wildman–Crippen MR) is 126 cm³/mol. The fourth-order valence-corrected chi connectivity index (χ4v) is 3.44. The number of hydrogen-bond donors (Lipinski definition) is 1. The fourth-order valence-electron chi connectivity index (χ4n) is 3.44. The van der Waals surface area contributed by atoms with Crippen molar-refractivity contribution in [3.8, 4) is 28.3 Å². The van der Waals surface area contributed by atoms with Gasteiger partial charge >= 0.3 is 0 Å². The van der Waals surface area contributed by atoms with Gasteiger partial charge in [0.05, 0.1) is 13.0 Å². The maximum absolute atomic E-state index is 13.9. The van der Waals surface area contributed by atoms with Crippen LogP contribution in [0.15, 0.2) is 54.9 Å². The summed E-state index contributed by atoms with van der Waals surface area (Å²) in [5.74, 6) is -0.588. The van der Waals surface area contributed by atoms with Crippen molar-refractivity contribution in [2.24, 2.45) is 0 Å². The Hall–Kier alpha value is -4.14. The third-order valence-corrected chi connectivity index (χ3v) is 5.25. The van der Waals surface area contributed by atoms with E-state index in [1.165, 1.54) is 11.0 Å². The van der Waals surface area contributed by atoms with E-state index in [1.807, 2.05) is 6.07 Å². The standard InChI is InChI=1S/C25H23F2N5O2/c1-28-25-18-11-17(15-6-7-19(26)20(27)12-15)13-21(34-10-8-22(33)32(2)3)23(18)30-24(31-25)16-5-4-9-29-14-16/h4-7,9,11-14H,8,10H2,1-3H3,(H,28,30,31). The van der Waals surface area contributed by atoms with E-state index < -0.39 is 11.6 Å². The topological polar surface area (TPSA) is 80.2 Å². The number of halogens is 2. The van der Waals surface area contributed by atoms with Crippen molar-refractivity contribution in [2.45, 2.75) is 6.42 Å². The van der Waals surface area contributed by atoms with Crippen LogP contribution in [0, 0.1) is 11.6 Å². The van der Waals surface area contributed by atoms with E-state index in [-0.39, 0.29) is 18.9 Å². The SMILES string of the molecule is CNc1nc(-c2cccnc2)nc2c(OCCC(=O)N(C)C)cc(-c3ccc(F)c(F)c3)cc12. The highest BCUT2D eigenvalue weighted by molar-refractivity contribution is 5.97. The van der Waals surface area contributed by atoms with Gasteiger partial charge in [-0.1, -0.05) is 6.07 Å². The fraction of sp³-hybridized carbons (Fsp3) is 0.200. The maximum Gasteiger partial charge on any atom is 0.225 e. The number of pyridine rings is 1. The molecule has 174 valence electrons. The molecule has 0 fully saturated rings. The van der Waals surface area contributed by atoms with E-state index in [2.05, 4.69) is 15.3 Å². The molecule has 0 radical (unpaired) electrons. The zero-order valence-corrected chi connectivity index (χ0v) is 19.0. The number of amides is 1. The van der Waals surface area contributed by atoms with E-state index in [0.717, 1.165) is 17.7 Å². The number of carbonyl (C=O) groups is 1. The van der Waals surface area contributed by atoms with E-state index in [9.17, 15) is 13.6 Å². The number of carbonyl (C=O) groups excluding carboxylic acids is 1. The monoisotopic (exact) mass is 463 g/mol. The zero-order valence-electron chi connectivity index (χ0n) is 19.0. The van der Waals surface area contributed by atoms with Crippen molar-refractivity contribution in [3.63, 3.8) is 0 Å². The third-order valence-electron chi connectivity index (χ3n) is 5.25. The van der Waals surface area contributed by atoms with Gasteiger partial charge in [-0.3, -0.25) is 9.78 Å². The summed E-state index contributed by atoms with van der Waals surface area (Å²) in [6.45, 7) is 0.120. The Kier molecular flexibility index (Phi) is 6.62. The first-order chi connectivity index (χ1) is 16.4. The first-order valence-electron chi connectivity index (χ1n) is 10.6. The molecule has 4 aromatic rings. The number of ether oxygens (including phenoxy) is 1. The summed E-state index contributed by atoms with van der Waals surface area (Å²) in [6.07, 6.45) is 3.49. The molecular formula is C25H23F2N5O2. The molecule has 0 atom stereocenters. The molecule has 1 amide bonds. The molecule has 0 spiro atoms. The number of nitrogens with one attached hydrogen (secondary N) is 1. The minimum absolute atomic E-state index is 0.0809. The number of nitrogens with zero attached hydrogens (tertiary/aromatic N) is 4. The number of anilines is 1. The summed E-state index contributed by atoms with van der Waals surface area (Å²) < 4.78 is 33.4. The lowest BCUT2D eigenvalue weighted by molar-refractivity contribution is -0.129. The van der Waals surface area contributed by atoms with Gasteiger partial charge in [0, 0.05) is 44.5 Å². The Morgan fingerprint density at radius 2 is 1.85 bits per heavy atom. The molecular weight excluding hydrogens is 440 g/mol. The average Bonchev–Trinajstić information content (AvgIpc) is 2.85.